The van der Waals surface area contributed by atoms with Crippen molar-refractivity contribution >= 4 is 34.6 Å². The summed E-state index contributed by atoms with van der Waals surface area (Å²) in [7, 11) is 3.80. The molecule has 36 heavy (non-hydrogen) atoms. The van der Waals surface area contributed by atoms with Gasteiger partial charge >= 0.3 is 0 Å². The Morgan fingerprint density at radius 1 is 1.03 bits per heavy atom. The van der Waals surface area contributed by atoms with Crippen molar-refractivity contribution in [3.05, 3.63) is 93.5 Å². The lowest BCUT2D eigenvalue weighted by Crippen LogP contribution is -2.31. The number of amides is 2. The van der Waals surface area contributed by atoms with E-state index in [1.807, 2.05) is 31.1 Å². The zero-order valence-electron chi connectivity index (χ0n) is 20.3. The first kappa shape index (κ1) is 24.9. The number of hydrogen-bond donors (Lipinski definition) is 3. The van der Waals surface area contributed by atoms with Crippen LogP contribution in [-0.4, -0.2) is 37.4 Å². The van der Waals surface area contributed by atoms with E-state index < -0.39 is 4.92 Å². The number of benzene rings is 3. The number of fused-ring (bicyclic) bond motifs is 1. The molecule has 0 saturated carbocycles. The van der Waals surface area contributed by atoms with Gasteiger partial charge in [0.05, 0.1) is 11.3 Å². The van der Waals surface area contributed by atoms with Crippen LogP contribution in [0.15, 0.2) is 66.7 Å². The van der Waals surface area contributed by atoms with E-state index in [0.717, 1.165) is 29.8 Å². The molecule has 1 heterocycles. The highest BCUT2D eigenvalue weighted by molar-refractivity contribution is 6.07. The highest BCUT2D eigenvalue weighted by atomic mass is 16.6. The normalized spacial score (nSPS) is 14.9. The summed E-state index contributed by atoms with van der Waals surface area (Å²) in [4.78, 5) is 38.5. The molecule has 2 amide bonds. The lowest BCUT2D eigenvalue weighted by molar-refractivity contribution is -0.385. The second-order valence-corrected chi connectivity index (χ2v) is 8.65. The van der Waals surface area contributed by atoms with Gasteiger partial charge in [-0.3, -0.25) is 19.7 Å². The second-order valence-electron chi connectivity index (χ2n) is 8.65. The third-order valence-electron chi connectivity index (χ3n) is 6.41. The molecule has 9 heteroatoms. The summed E-state index contributed by atoms with van der Waals surface area (Å²) in [6.07, 6.45) is 1.66. The number of carbonyl (C=O) groups excluding carboxylic acids is 2. The van der Waals surface area contributed by atoms with Crippen molar-refractivity contribution in [2.75, 3.05) is 36.2 Å². The fourth-order valence-corrected chi connectivity index (χ4v) is 4.54. The zero-order valence-corrected chi connectivity index (χ0v) is 20.3. The van der Waals surface area contributed by atoms with Crippen molar-refractivity contribution in [2.24, 2.45) is 0 Å². The molecule has 1 aliphatic rings. The first-order chi connectivity index (χ1) is 17.4. The van der Waals surface area contributed by atoms with E-state index in [-0.39, 0.29) is 30.0 Å². The van der Waals surface area contributed by atoms with E-state index in [1.165, 1.54) is 6.07 Å². The van der Waals surface area contributed by atoms with Gasteiger partial charge in [0.2, 0.25) is 5.91 Å². The van der Waals surface area contributed by atoms with Crippen molar-refractivity contribution in [3.63, 3.8) is 0 Å². The topological polar surface area (TPSA) is 117 Å². The minimum atomic E-state index is -0.498. The molecular weight excluding hydrogens is 458 g/mol. The quantitative estimate of drug-likeness (QED) is 0.333. The van der Waals surface area contributed by atoms with Crippen molar-refractivity contribution in [1.82, 2.24) is 5.32 Å². The van der Waals surface area contributed by atoms with Crippen LogP contribution >= 0.6 is 0 Å². The molecule has 0 aromatic heterocycles. The van der Waals surface area contributed by atoms with E-state index >= 15 is 0 Å². The molecule has 3 aromatic carbocycles. The Morgan fingerprint density at radius 2 is 1.75 bits per heavy atom. The number of nitro benzene ring substituents is 1. The highest BCUT2D eigenvalue weighted by Gasteiger charge is 2.27. The first-order valence-corrected chi connectivity index (χ1v) is 11.8. The Hall–Kier alpha value is -4.24. The number of nitrogens with one attached hydrogen (secondary N) is 3. The van der Waals surface area contributed by atoms with Crippen molar-refractivity contribution in [3.8, 4) is 0 Å². The smallest absolute Gasteiger partial charge is 0.273 e. The fourth-order valence-electron chi connectivity index (χ4n) is 4.54. The molecule has 1 aliphatic heterocycles. The number of nitrogens with zero attached hydrogens (tertiary/aromatic N) is 2. The Kier molecular flexibility index (Phi) is 7.60. The summed E-state index contributed by atoms with van der Waals surface area (Å²) in [6, 6.07) is 19.1. The molecule has 186 valence electrons. The van der Waals surface area contributed by atoms with Crippen LogP contribution in [0.25, 0.3) is 0 Å². The average molecular weight is 488 g/mol. The molecule has 0 bridgehead atoms. The number of carbonyl (C=O) groups is 2. The Morgan fingerprint density at radius 3 is 2.44 bits per heavy atom. The molecule has 1 atom stereocenters. The van der Waals surface area contributed by atoms with Gasteiger partial charge in [-0.1, -0.05) is 18.2 Å². The van der Waals surface area contributed by atoms with E-state index in [2.05, 4.69) is 22.0 Å². The van der Waals surface area contributed by atoms with Gasteiger partial charge in [0.15, 0.2) is 0 Å². The van der Waals surface area contributed by atoms with Gasteiger partial charge in [0.25, 0.3) is 11.6 Å². The molecule has 0 saturated heterocycles. The van der Waals surface area contributed by atoms with E-state index in [1.54, 1.807) is 42.5 Å². The SMILES string of the molecule is CNc1ccc2c(c1)C(NC)CCCN2C(=O)c1ccc(NC(=O)Cc2ccccc2[N+](=O)[O-])cc1. The predicted octanol–water partition coefficient (Wildman–Crippen LogP) is 4.52. The van der Waals surface area contributed by atoms with Crippen LogP contribution in [0.1, 0.15) is 40.4 Å². The summed E-state index contributed by atoms with van der Waals surface area (Å²) < 4.78 is 0. The van der Waals surface area contributed by atoms with Crippen LogP contribution in [0.5, 0.6) is 0 Å². The molecular formula is C27H29N5O4. The molecule has 4 rings (SSSR count). The predicted molar refractivity (Wildman–Crippen MR) is 141 cm³/mol. The minimum Gasteiger partial charge on any atom is -0.388 e. The maximum Gasteiger partial charge on any atom is 0.273 e. The minimum absolute atomic E-state index is 0.0892. The van der Waals surface area contributed by atoms with Gasteiger partial charge in [0, 0.05) is 53.9 Å². The lowest BCUT2D eigenvalue weighted by atomic mass is 10.0. The van der Waals surface area contributed by atoms with Gasteiger partial charge in [0.1, 0.15) is 0 Å². The summed E-state index contributed by atoms with van der Waals surface area (Å²) in [5, 5.41) is 20.5. The molecule has 0 aliphatic carbocycles. The van der Waals surface area contributed by atoms with Crippen LogP contribution in [0.4, 0.5) is 22.7 Å². The van der Waals surface area contributed by atoms with Crippen LogP contribution in [0.2, 0.25) is 0 Å². The van der Waals surface area contributed by atoms with Crippen LogP contribution < -0.4 is 20.9 Å². The average Bonchev–Trinajstić information content (AvgIpc) is 3.07. The second kappa shape index (κ2) is 11.0. The summed E-state index contributed by atoms with van der Waals surface area (Å²) in [5.41, 5.74) is 4.23. The maximum absolute atomic E-state index is 13.5. The van der Waals surface area contributed by atoms with E-state index in [4.69, 9.17) is 0 Å². The van der Waals surface area contributed by atoms with Crippen LogP contribution in [0.3, 0.4) is 0 Å². The zero-order chi connectivity index (χ0) is 25.7. The summed E-state index contributed by atoms with van der Waals surface area (Å²) >= 11 is 0. The molecule has 3 aromatic rings. The van der Waals surface area contributed by atoms with Crippen molar-refractivity contribution in [2.45, 2.75) is 25.3 Å². The van der Waals surface area contributed by atoms with Gasteiger partial charge < -0.3 is 20.9 Å². The van der Waals surface area contributed by atoms with Gasteiger partial charge in [-0.05, 0) is 67.9 Å². The largest absolute Gasteiger partial charge is 0.388 e. The van der Waals surface area contributed by atoms with Crippen molar-refractivity contribution in [1.29, 1.82) is 0 Å². The van der Waals surface area contributed by atoms with Gasteiger partial charge in [-0.25, -0.2) is 0 Å². The standard InChI is InChI=1S/C27H29N5O4/c1-28-21-13-14-25-22(17-21)23(29-2)7-5-15-31(25)27(34)18-9-11-20(12-10-18)30-26(33)16-19-6-3-4-8-24(19)32(35)36/h3-4,6,8-14,17,23,28-29H,5,7,15-16H2,1-2H3,(H,30,33). The van der Waals surface area contributed by atoms with E-state index in [0.29, 0.717) is 23.4 Å². The fraction of sp³-hybridized carbons (Fsp3) is 0.259. The molecule has 3 N–H and O–H groups in total. The van der Waals surface area contributed by atoms with Crippen LogP contribution in [0, 0.1) is 10.1 Å². The first-order valence-electron chi connectivity index (χ1n) is 11.8. The Balaban J connectivity index is 1.49. The number of hydrogen-bond acceptors (Lipinski definition) is 6. The molecule has 9 nitrogen and oxygen atoms in total. The third kappa shape index (κ3) is 5.36. The third-order valence-corrected chi connectivity index (χ3v) is 6.41. The summed E-state index contributed by atoms with van der Waals surface area (Å²) in [5.74, 6) is -0.480. The Bertz CT molecular complexity index is 1280. The number of nitro groups is 1. The maximum atomic E-state index is 13.5. The monoisotopic (exact) mass is 487 g/mol. The van der Waals surface area contributed by atoms with E-state index in [9.17, 15) is 19.7 Å². The molecule has 0 radical (unpaired) electrons. The molecule has 0 spiro atoms. The van der Waals surface area contributed by atoms with Gasteiger partial charge in [-0.2, -0.15) is 0 Å². The molecule has 0 fully saturated rings. The summed E-state index contributed by atoms with van der Waals surface area (Å²) in [6.45, 7) is 0.608. The lowest BCUT2D eigenvalue weighted by Gasteiger charge is -2.25. The Labute approximate surface area is 209 Å². The van der Waals surface area contributed by atoms with Gasteiger partial charge in [-0.15, -0.1) is 0 Å². The van der Waals surface area contributed by atoms with Crippen LogP contribution in [-0.2, 0) is 11.2 Å². The number of para-hydroxylation sites is 1. The number of anilines is 3. The number of rotatable bonds is 7. The van der Waals surface area contributed by atoms with Crippen molar-refractivity contribution < 1.29 is 14.5 Å². The molecule has 1 unspecified atom stereocenters. The highest BCUT2D eigenvalue weighted by Crippen LogP contribution is 2.35.